The van der Waals surface area contributed by atoms with Gasteiger partial charge in [-0.1, -0.05) is 17.4 Å². The van der Waals surface area contributed by atoms with E-state index in [1.807, 2.05) is 6.07 Å². The fraction of sp³-hybridized carbons (Fsp3) is 0.130. The van der Waals surface area contributed by atoms with Gasteiger partial charge in [0, 0.05) is 24.2 Å². The van der Waals surface area contributed by atoms with E-state index in [2.05, 4.69) is 20.8 Å². The summed E-state index contributed by atoms with van der Waals surface area (Å²) in [7, 11) is 0. The molecule has 2 amide bonds. The number of rotatable bonds is 9. The molecule has 33 heavy (non-hydrogen) atoms. The van der Waals surface area contributed by atoms with Crippen molar-refractivity contribution in [2.24, 2.45) is 0 Å². The lowest BCUT2D eigenvalue weighted by Crippen LogP contribution is -2.25. The zero-order valence-electron chi connectivity index (χ0n) is 17.3. The summed E-state index contributed by atoms with van der Waals surface area (Å²) in [6.07, 6.45) is 2.17. The van der Waals surface area contributed by atoms with Gasteiger partial charge in [-0.2, -0.15) is 0 Å². The van der Waals surface area contributed by atoms with E-state index in [1.54, 1.807) is 36.6 Å². The van der Waals surface area contributed by atoms with Crippen molar-refractivity contribution < 1.29 is 23.1 Å². The number of benzene rings is 2. The molecular formula is C23H19FN4O4S. The maximum absolute atomic E-state index is 13.0. The number of halogens is 1. The summed E-state index contributed by atoms with van der Waals surface area (Å²) in [5.74, 6) is 0.213. The summed E-state index contributed by atoms with van der Waals surface area (Å²) < 4.78 is 23.7. The van der Waals surface area contributed by atoms with Gasteiger partial charge in [-0.05, 0) is 54.6 Å². The van der Waals surface area contributed by atoms with E-state index in [9.17, 15) is 14.0 Å². The molecule has 0 aliphatic rings. The second kappa shape index (κ2) is 10.5. The van der Waals surface area contributed by atoms with Crippen LogP contribution in [0, 0.1) is 5.82 Å². The number of nitrogens with zero attached hydrogens (tertiary/aromatic N) is 2. The molecule has 2 heterocycles. The van der Waals surface area contributed by atoms with Crippen LogP contribution in [-0.4, -0.2) is 28.6 Å². The maximum atomic E-state index is 13.0. The predicted octanol–water partition coefficient (Wildman–Crippen LogP) is 4.07. The highest BCUT2D eigenvalue weighted by Crippen LogP contribution is 2.18. The van der Waals surface area contributed by atoms with Crippen LogP contribution in [-0.2, 0) is 13.0 Å². The van der Waals surface area contributed by atoms with Crippen LogP contribution in [0.3, 0.4) is 0 Å². The van der Waals surface area contributed by atoms with Crippen LogP contribution < -0.4 is 15.4 Å². The van der Waals surface area contributed by atoms with Crippen LogP contribution in [0.25, 0.3) is 0 Å². The minimum absolute atomic E-state index is 0.101. The standard InChI is InChI=1S/C23H19FN4O4S/c24-16-6-8-19(9-7-16)32-14-20-27-28-23(33-20)22(30)26-17-4-1-3-15(13-17)21(29)25-11-10-18-5-2-12-31-18/h1-9,12-13H,10-11,14H2,(H,25,29)(H,26,30). The average molecular weight is 466 g/mol. The Bertz CT molecular complexity index is 1230. The van der Waals surface area contributed by atoms with Crippen LogP contribution in [0.5, 0.6) is 5.75 Å². The number of amides is 2. The van der Waals surface area contributed by atoms with Gasteiger partial charge in [0.05, 0.1) is 6.26 Å². The number of aromatic nitrogens is 2. The quantitative estimate of drug-likeness (QED) is 0.385. The van der Waals surface area contributed by atoms with Crippen LogP contribution >= 0.6 is 11.3 Å². The Morgan fingerprint density at radius 1 is 1.03 bits per heavy atom. The summed E-state index contributed by atoms with van der Waals surface area (Å²) in [4.78, 5) is 24.9. The molecule has 0 aliphatic heterocycles. The molecule has 4 aromatic rings. The molecular weight excluding hydrogens is 447 g/mol. The van der Waals surface area contributed by atoms with Crippen LogP contribution in [0.2, 0.25) is 0 Å². The first kappa shape index (κ1) is 22.2. The number of carbonyl (C=O) groups is 2. The van der Waals surface area contributed by atoms with Crippen molar-refractivity contribution in [3.8, 4) is 5.75 Å². The molecule has 0 atom stereocenters. The van der Waals surface area contributed by atoms with E-state index < -0.39 is 5.91 Å². The van der Waals surface area contributed by atoms with E-state index in [0.29, 0.717) is 35.0 Å². The van der Waals surface area contributed by atoms with Crippen molar-refractivity contribution in [2.45, 2.75) is 13.0 Å². The molecule has 0 bridgehead atoms. The smallest absolute Gasteiger partial charge is 0.286 e. The molecule has 0 fully saturated rings. The molecule has 0 saturated heterocycles. The molecule has 168 valence electrons. The van der Waals surface area contributed by atoms with Gasteiger partial charge in [-0.15, -0.1) is 10.2 Å². The molecule has 0 saturated carbocycles. The van der Waals surface area contributed by atoms with Crippen LogP contribution in [0.1, 0.15) is 30.9 Å². The maximum Gasteiger partial charge on any atom is 0.286 e. The first-order chi connectivity index (χ1) is 16.1. The molecule has 0 radical (unpaired) electrons. The fourth-order valence-electron chi connectivity index (χ4n) is 2.86. The largest absolute Gasteiger partial charge is 0.486 e. The fourth-order valence-corrected chi connectivity index (χ4v) is 3.51. The summed E-state index contributed by atoms with van der Waals surface area (Å²) >= 11 is 1.08. The zero-order chi connectivity index (χ0) is 23.0. The van der Waals surface area contributed by atoms with Crippen molar-refractivity contribution in [1.82, 2.24) is 15.5 Å². The van der Waals surface area contributed by atoms with E-state index in [4.69, 9.17) is 9.15 Å². The van der Waals surface area contributed by atoms with Gasteiger partial charge in [-0.3, -0.25) is 9.59 Å². The molecule has 0 unspecified atom stereocenters. The Kier molecular flexibility index (Phi) is 7.06. The number of hydrogen-bond acceptors (Lipinski definition) is 7. The molecule has 10 heteroatoms. The highest BCUT2D eigenvalue weighted by Gasteiger charge is 2.15. The van der Waals surface area contributed by atoms with E-state index >= 15 is 0 Å². The van der Waals surface area contributed by atoms with E-state index in [-0.39, 0.29) is 23.3 Å². The first-order valence-corrected chi connectivity index (χ1v) is 10.8. The van der Waals surface area contributed by atoms with Crippen molar-refractivity contribution in [2.75, 3.05) is 11.9 Å². The SMILES string of the molecule is O=C(NCCc1ccco1)c1cccc(NC(=O)c2nnc(COc3ccc(F)cc3)s2)c1. The number of ether oxygens (including phenoxy) is 1. The third-order valence-electron chi connectivity index (χ3n) is 4.46. The summed E-state index contributed by atoms with van der Waals surface area (Å²) in [6.45, 7) is 0.529. The molecule has 0 spiro atoms. The lowest BCUT2D eigenvalue weighted by atomic mass is 10.2. The molecule has 8 nitrogen and oxygen atoms in total. The Balaban J connectivity index is 1.30. The van der Waals surface area contributed by atoms with Crippen molar-refractivity contribution in [3.05, 3.63) is 94.1 Å². The Morgan fingerprint density at radius 3 is 2.67 bits per heavy atom. The van der Waals surface area contributed by atoms with Gasteiger partial charge in [0.1, 0.15) is 23.9 Å². The zero-order valence-corrected chi connectivity index (χ0v) is 18.1. The first-order valence-electron chi connectivity index (χ1n) is 9.99. The topological polar surface area (TPSA) is 106 Å². The van der Waals surface area contributed by atoms with E-state index in [1.165, 1.54) is 24.3 Å². The number of hydrogen-bond donors (Lipinski definition) is 2. The second-order valence-electron chi connectivity index (χ2n) is 6.86. The number of nitrogens with one attached hydrogen (secondary N) is 2. The normalized spacial score (nSPS) is 10.6. The summed E-state index contributed by atoms with van der Waals surface area (Å²) in [6, 6.07) is 15.8. The Labute approximate surface area is 192 Å². The molecule has 0 aliphatic carbocycles. The highest BCUT2D eigenvalue weighted by atomic mass is 32.1. The van der Waals surface area contributed by atoms with Crippen molar-refractivity contribution in [1.29, 1.82) is 0 Å². The molecule has 2 N–H and O–H groups in total. The van der Waals surface area contributed by atoms with Gasteiger partial charge in [0.15, 0.2) is 5.01 Å². The van der Waals surface area contributed by atoms with Crippen LogP contribution in [0.4, 0.5) is 10.1 Å². The lowest BCUT2D eigenvalue weighted by Gasteiger charge is -2.07. The number of furan rings is 1. The molecule has 4 rings (SSSR count). The number of anilines is 1. The van der Waals surface area contributed by atoms with Gasteiger partial charge >= 0.3 is 0 Å². The van der Waals surface area contributed by atoms with Gasteiger partial charge < -0.3 is 19.8 Å². The lowest BCUT2D eigenvalue weighted by molar-refractivity contribution is 0.0952. The van der Waals surface area contributed by atoms with Crippen molar-refractivity contribution >= 4 is 28.8 Å². The second-order valence-corrected chi connectivity index (χ2v) is 7.93. The Hall–Kier alpha value is -4.05. The van der Waals surface area contributed by atoms with Crippen LogP contribution in [0.15, 0.2) is 71.3 Å². The third kappa shape index (κ3) is 6.23. The minimum atomic E-state index is -0.448. The van der Waals surface area contributed by atoms with Gasteiger partial charge in [0.25, 0.3) is 11.8 Å². The third-order valence-corrected chi connectivity index (χ3v) is 5.35. The highest BCUT2D eigenvalue weighted by molar-refractivity contribution is 7.13. The monoisotopic (exact) mass is 466 g/mol. The average Bonchev–Trinajstić information content (AvgIpc) is 3.51. The summed E-state index contributed by atoms with van der Waals surface area (Å²) in [5, 5.41) is 14.0. The predicted molar refractivity (Wildman–Crippen MR) is 120 cm³/mol. The molecule has 2 aromatic heterocycles. The van der Waals surface area contributed by atoms with Gasteiger partial charge in [-0.25, -0.2) is 4.39 Å². The molecule has 2 aromatic carbocycles. The number of carbonyl (C=O) groups excluding carboxylic acids is 2. The van der Waals surface area contributed by atoms with E-state index in [0.717, 1.165) is 17.1 Å². The van der Waals surface area contributed by atoms with Crippen molar-refractivity contribution in [3.63, 3.8) is 0 Å². The van der Waals surface area contributed by atoms with Gasteiger partial charge in [0.2, 0.25) is 5.01 Å². The summed E-state index contributed by atoms with van der Waals surface area (Å²) in [5.41, 5.74) is 0.871. The minimum Gasteiger partial charge on any atom is -0.486 e. The Morgan fingerprint density at radius 2 is 1.88 bits per heavy atom.